The van der Waals surface area contributed by atoms with Crippen molar-refractivity contribution in [3.05, 3.63) is 10.1 Å². The molecule has 20 heavy (non-hydrogen) atoms. The number of hydrogen-bond acceptors (Lipinski definition) is 0. The fourth-order valence-corrected chi connectivity index (χ4v) is 9.93. The molecule has 0 aromatic carbocycles. The summed E-state index contributed by atoms with van der Waals surface area (Å²) >= 11 is 47.3. The van der Waals surface area contributed by atoms with E-state index in [0.29, 0.717) is 31.6 Å². The molecule has 8 atom stereocenters. The van der Waals surface area contributed by atoms with Crippen LogP contribution in [0.15, 0.2) is 10.1 Å². The zero-order chi connectivity index (χ0) is 14.8. The van der Waals surface area contributed by atoms with Crippen molar-refractivity contribution < 1.29 is 0 Å². The first-order chi connectivity index (χ1) is 9.11. The van der Waals surface area contributed by atoms with Crippen LogP contribution < -0.4 is 0 Å². The molecule has 0 aromatic heterocycles. The maximum absolute atomic E-state index is 6.87. The Balaban J connectivity index is 1.98. The first-order valence-corrected chi connectivity index (χ1v) is 10.3. The second-order valence-corrected chi connectivity index (χ2v) is 11.5. The first-order valence-electron chi connectivity index (χ1n) is 6.21. The van der Waals surface area contributed by atoms with E-state index in [1.165, 1.54) is 0 Å². The van der Waals surface area contributed by atoms with Crippen molar-refractivity contribution in [1.29, 1.82) is 0 Å². The number of hydrogen-bond donors (Lipinski definition) is 0. The van der Waals surface area contributed by atoms with E-state index in [9.17, 15) is 0 Å². The predicted molar refractivity (Wildman–Crippen MR) is 94.3 cm³/mol. The third-order valence-electron chi connectivity index (χ3n) is 5.64. The van der Waals surface area contributed by atoms with Crippen LogP contribution in [0.2, 0.25) is 0 Å². The van der Waals surface area contributed by atoms with Crippen molar-refractivity contribution >= 4 is 101 Å². The second-order valence-electron chi connectivity index (χ2n) is 6.13. The second kappa shape index (κ2) is 4.34. The molecule has 0 N–H and O–H groups in total. The molecule has 3 fully saturated rings. The molecule has 0 saturated heterocycles. The summed E-state index contributed by atoms with van der Waals surface area (Å²) in [4.78, 5) is -1.56. The summed E-state index contributed by atoms with van der Waals surface area (Å²) in [6.07, 6.45) is 1.03. The highest BCUT2D eigenvalue weighted by Gasteiger charge is 2.87. The standard InChI is InChI=1S/C12H8Br2Cl6/c13-6-2-1-3(7(6)14)5-4(2)10(17)8(15)9(16)11(5,18)12(10,19)20/h2-7H,1H2/t2-,3-,4-,5-,6+,7+,10+,11+/m1/s1. The van der Waals surface area contributed by atoms with Gasteiger partial charge in [-0.05, 0) is 30.1 Å². The predicted octanol–water partition coefficient (Wildman–Crippen LogP) is 6.24. The molecule has 0 spiro atoms. The van der Waals surface area contributed by atoms with E-state index in [2.05, 4.69) is 31.9 Å². The van der Waals surface area contributed by atoms with E-state index in [4.69, 9.17) is 69.6 Å². The minimum atomic E-state index is -1.40. The smallest absolute Gasteiger partial charge is 0.109 e. The quantitative estimate of drug-likeness (QED) is 0.260. The van der Waals surface area contributed by atoms with Gasteiger partial charge in [0.15, 0.2) is 4.33 Å². The van der Waals surface area contributed by atoms with E-state index in [-0.39, 0.29) is 11.8 Å². The summed E-state index contributed by atoms with van der Waals surface area (Å²) in [5.74, 6) is 0.746. The van der Waals surface area contributed by atoms with Crippen molar-refractivity contribution in [2.24, 2.45) is 23.7 Å². The lowest BCUT2D eigenvalue weighted by atomic mass is 9.72. The zero-order valence-corrected chi connectivity index (χ0v) is 17.4. The normalized spacial score (nSPS) is 62.4. The topological polar surface area (TPSA) is 0 Å². The van der Waals surface area contributed by atoms with Crippen molar-refractivity contribution in [3.8, 4) is 0 Å². The first kappa shape index (κ1) is 15.9. The zero-order valence-electron chi connectivity index (χ0n) is 9.69. The number of allylic oxidation sites excluding steroid dienone is 2. The molecule has 0 amide bonds. The van der Waals surface area contributed by atoms with Gasteiger partial charge in [-0.25, -0.2) is 0 Å². The van der Waals surface area contributed by atoms with Crippen LogP contribution in [0.1, 0.15) is 6.42 Å². The molecule has 0 aliphatic heterocycles. The Hall–Kier alpha value is 2.44. The number of fused-ring (bicyclic) bond motifs is 9. The maximum atomic E-state index is 6.87. The minimum Gasteiger partial charge on any atom is -0.109 e. The lowest BCUT2D eigenvalue weighted by Crippen LogP contribution is -2.46. The summed E-state index contributed by atoms with van der Waals surface area (Å²) in [5, 5.41) is 0.640. The Bertz CT molecular complexity index is 506. The van der Waals surface area contributed by atoms with E-state index in [1.54, 1.807) is 0 Å². The molecule has 4 aliphatic carbocycles. The molecule has 0 aromatic rings. The van der Waals surface area contributed by atoms with Crippen LogP contribution in [0.4, 0.5) is 0 Å². The van der Waals surface area contributed by atoms with Gasteiger partial charge in [-0.15, -0.1) is 23.2 Å². The van der Waals surface area contributed by atoms with Crippen LogP contribution in [0.5, 0.6) is 0 Å². The largest absolute Gasteiger partial charge is 0.166 e. The van der Waals surface area contributed by atoms with Crippen molar-refractivity contribution in [2.75, 3.05) is 0 Å². The molecule has 4 bridgehead atoms. The highest BCUT2D eigenvalue weighted by molar-refractivity contribution is 9.12. The van der Waals surface area contributed by atoms with E-state index in [0.717, 1.165) is 6.42 Å². The summed E-state index contributed by atoms with van der Waals surface area (Å²) in [6.45, 7) is 0. The molecule has 0 radical (unpaired) electrons. The average molecular weight is 525 g/mol. The van der Waals surface area contributed by atoms with Crippen LogP contribution in [0.25, 0.3) is 0 Å². The SMILES string of the molecule is ClC1=C(Cl)[C@@]2(Cl)[C@@H]3[C@H]4C[C@@H]([C@H](Br)[C@H]4Br)[C@H]3[C@@]1(Cl)C2(Cl)Cl. The monoisotopic (exact) mass is 520 g/mol. The molecule has 0 nitrogen and oxygen atoms in total. The maximum Gasteiger partial charge on any atom is 0.166 e. The molecule has 112 valence electrons. The minimum absolute atomic E-state index is 0.0369. The van der Waals surface area contributed by atoms with Gasteiger partial charge < -0.3 is 0 Å². The molecular weight excluding hydrogens is 517 g/mol. The molecule has 0 heterocycles. The summed E-state index contributed by atoms with van der Waals surface area (Å²) in [6, 6.07) is 0. The average Bonchev–Trinajstić information content (AvgIpc) is 2.97. The van der Waals surface area contributed by atoms with Gasteiger partial charge in [0.2, 0.25) is 0 Å². The summed E-state index contributed by atoms with van der Waals surface area (Å²) in [7, 11) is 0. The Morgan fingerprint density at radius 3 is 1.50 bits per heavy atom. The van der Waals surface area contributed by atoms with Crippen LogP contribution in [-0.2, 0) is 0 Å². The lowest BCUT2D eigenvalue weighted by molar-refractivity contribution is 0.233. The number of rotatable bonds is 0. The Morgan fingerprint density at radius 2 is 1.15 bits per heavy atom. The van der Waals surface area contributed by atoms with Gasteiger partial charge in [-0.2, -0.15) is 0 Å². The third kappa shape index (κ3) is 1.32. The van der Waals surface area contributed by atoms with E-state index < -0.39 is 14.1 Å². The summed E-state index contributed by atoms with van der Waals surface area (Å²) < 4.78 is -1.40. The van der Waals surface area contributed by atoms with Crippen molar-refractivity contribution in [1.82, 2.24) is 0 Å². The number of alkyl halides is 6. The van der Waals surface area contributed by atoms with Crippen LogP contribution in [0, 0.1) is 23.7 Å². The molecule has 8 heteroatoms. The lowest BCUT2D eigenvalue weighted by Gasteiger charge is -2.43. The molecule has 4 aliphatic rings. The Labute approximate surface area is 164 Å². The fourth-order valence-electron chi connectivity index (χ4n) is 4.92. The highest BCUT2D eigenvalue weighted by Crippen LogP contribution is 2.83. The van der Waals surface area contributed by atoms with Crippen LogP contribution in [-0.4, -0.2) is 23.7 Å². The van der Waals surface area contributed by atoms with Gasteiger partial charge in [0.1, 0.15) is 9.75 Å². The van der Waals surface area contributed by atoms with Crippen molar-refractivity contribution in [3.63, 3.8) is 0 Å². The molecule has 3 saturated carbocycles. The van der Waals surface area contributed by atoms with Crippen molar-refractivity contribution in [2.45, 2.75) is 30.2 Å². The Morgan fingerprint density at radius 1 is 0.800 bits per heavy atom. The van der Waals surface area contributed by atoms with Crippen LogP contribution >= 0.6 is 101 Å². The molecule has 4 rings (SSSR count). The van der Waals surface area contributed by atoms with Gasteiger partial charge >= 0.3 is 0 Å². The van der Waals surface area contributed by atoms with Gasteiger partial charge in [0.05, 0.1) is 10.1 Å². The van der Waals surface area contributed by atoms with Crippen LogP contribution in [0.3, 0.4) is 0 Å². The van der Waals surface area contributed by atoms with E-state index >= 15 is 0 Å². The van der Waals surface area contributed by atoms with Gasteiger partial charge in [0.25, 0.3) is 0 Å². The van der Waals surface area contributed by atoms with Gasteiger partial charge in [-0.1, -0.05) is 78.3 Å². The highest BCUT2D eigenvalue weighted by atomic mass is 79.9. The third-order valence-corrected chi connectivity index (χ3v) is 13.1. The summed E-state index contributed by atoms with van der Waals surface area (Å²) in [5.41, 5.74) is 0. The van der Waals surface area contributed by atoms with Gasteiger partial charge in [0, 0.05) is 9.65 Å². The molecule has 0 unspecified atom stereocenters. The fraction of sp³-hybridized carbons (Fsp3) is 0.833. The van der Waals surface area contributed by atoms with Gasteiger partial charge in [-0.3, -0.25) is 0 Å². The number of halogens is 8. The Kier molecular flexibility index (Phi) is 3.46. The molecular formula is C12H8Br2Cl6. The van der Waals surface area contributed by atoms with E-state index in [1.807, 2.05) is 0 Å².